The van der Waals surface area contributed by atoms with Gasteiger partial charge in [0.05, 0.1) is 7.11 Å². The number of hydrogen-bond acceptors (Lipinski definition) is 1. The van der Waals surface area contributed by atoms with E-state index in [1.807, 2.05) is 12.1 Å². The van der Waals surface area contributed by atoms with E-state index in [2.05, 4.69) is 71.0 Å². The predicted molar refractivity (Wildman–Crippen MR) is 88.5 cm³/mol. The highest BCUT2D eigenvalue weighted by Gasteiger charge is 2.13. The highest BCUT2D eigenvalue weighted by Crippen LogP contribution is 2.26. The second-order valence-electron chi connectivity index (χ2n) is 5.43. The summed E-state index contributed by atoms with van der Waals surface area (Å²) < 4.78 is 9.60. The Bertz CT molecular complexity index is 968. The van der Waals surface area contributed by atoms with Crippen molar-refractivity contribution in [2.45, 2.75) is 0 Å². The number of para-hydroxylation sites is 1. The van der Waals surface area contributed by atoms with Crippen molar-refractivity contribution < 1.29 is 9.30 Å². The van der Waals surface area contributed by atoms with E-state index < -0.39 is 0 Å². The largest absolute Gasteiger partial charge is 0.497 e. The number of fused-ring (bicyclic) bond motifs is 3. The van der Waals surface area contributed by atoms with Crippen LogP contribution in [0.1, 0.15) is 0 Å². The third-order valence-corrected chi connectivity index (χ3v) is 4.23. The van der Waals surface area contributed by atoms with E-state index in [1.54, 1.807) is 7.11 Å². The quantitative estimate of drug-likeness (QED) is 0.515. The number of aromatic nitrogens is 2. The van der Waals surface area contributed by atoms with E-state index in [9.17, 15) is 0 Å². The van der Waals surface area contributed by atoms with Crippen molar-refractivity contribution in [1.29, 1.82) is 0 Å². The molecule has 0 atom stereocenters. The molecule has 108 valence electrons. The minimum Gasteiger partial charge on any atom is -0.497 e. The van der Waals surface area contributed by atoms with Crippen LogP contribution < -0.4 is 9.30 Å². The second kappa shape index (κ2) is 4.88. The molecule has 0 fully saturated rings. The molecule has 0 N–H and O–H groups in total. The van der Waals surface area contributed by atoms with Gasteiger partial charge in [-0.3, -0.25) is 0 Å². The molecule has 0 aliphatic rings. The van der Waals surface area contributed by atoms with Gasteiger partial charge in [-0.15, -0.1) is 0 Å². The lowest BCUT2D eigenvalue weighted by Crippen LogP contribution is -2.29. The molecular formula is C19H17N2O+. The summed E-state index contributed by atoms with van der Waals surface area (Å²) in [4.78, 5) is 0. The van der Waals surface area contributed by atoms with Gasteiger partial charge in [0.2, 0.25) is 5.69 Å². The van der Waals surface area contributed by atoms with Crippen LogP contribution in [-0.4, -0.2) is 11.7 Å². The minimum absolute atomic E-state index is 0.870. The zero-order valence-electron chi connectivity index (χ0n) is 12.7. The summed E-state index contributed by atoms with van der Waals surface area (Å²) in [6.07, 6.45) is 4.29. The first-order chi connectivity index (χ1) is 10.8. The van der Waals surface area contributed by atoms with Crippen molar-refractivity contribution in [3.05, 3.63) is 67.0 Å². The Morgan fingerprint density at radius 3 is 2.36 bits per heavy atom. The number of benzene rings is 2. The number of rotatable bonds is 2. The summed E-state index contributed by atoms with van der Waals surface area (Å²) in [5, 5.41) is 2.57. The number of pyridine rings is 1. The Kier molecular flexibility index (Phi) is 2.86. The van der Waals surface area contributed by atoms with Crippen LogP contribution in [0.2, 0.25) is 0 Å². The molecule has 0 bridgehead atoms. The smallest absolute Gasteiger partial charge is 0.210 e. The molecule has 2 aromatic heterocycles. The molecular weight excluding hydrogens is 272 g/mol. The van der Waals surface area contributed by atoms with E-state index in [4.69, 9.17) is 4.74 Å². The van der Waals surface area contributed by atoms with Crippen molar-refractivity contribution >= 4 is 21.8 Å². The Morgan fingerprint density at radius 2 is 1.59 bits per heavy atom. The third-order valence-electron chi connectivity index (χ3n) is 4.23. The maximum absolute atomic E-state index is 5.22. The normalized spacial score (nSPS) is 11.2. The van der Waals surface area contributed by atoms with Crippen LogP contribution in [0, 0.1) is 0 Å². The predicted octanol–water partition coefficient (Wildman–Crippen LogP) is 3.62. The Hall–Kier alpha value is -2.81. The Morgan fingerprint density at radius 1 is 0.864 bits per heavy atom. The summed E-state index contributed by atoms with van der Waals surface area (Å²) in [6.45, 7) is 0. The fourth-order valence-corrected chi connectivity index (χ4v) is 3.02. The molecule has 3 nitrogen and oxygen atoms in total. The molecule has 2 heterocycles. The number of aryl methyl sites for hydroxylation is 1. The molecule has 0 aliphatic carbocycles. The van der Waals surface area contributed by atoms with Gasteiger partial charge in [-0.05, 0) is 18.2 Å². The van der Waals surface area contributed by atoms with Crippen molar-refractivity contribution in [2.75, 3.05) is 7.11 Å². The van der Waals surface area contributed by atoms with Crippen molar-refractivity contribution in [3.8, 4) is 11.4 Å². The summed E-state index contributed by atoms with van der Waals surface area (Å²) >= 11 is 0. The van der Waals surface area contributed by atoms with E-state index in [-0.39, 0.29) is 0 Å². The second-order valence-corrected chi connectivity index (χ2v) is 5.43. The maximum atomic E-state index is 5.22. The van der Waals surface area contributed by atoms with Crippen LogP contribution in [0.3, 0.4) is 0 Å². The lowest BCUT2D eigenvalue weighted by molar-refractivity contribution is -0.594. The van der Waals surface area contributed by atoms with Gasteiger partial charge in [-0.1, -0.05) is 18.2 Å². The average molecular weight is 289 g/mol. The highest BCUT2D eigenvalue weighted by atomic mass is 16.5. The van der Waals surface area contributed by atoms with E-state index in [1.165, 1.54) is 21.8 Å². The summed E-state index contributed by atoms with van der Waals surface area (Å²) in [5.74, 6) is 0.870. The summed E-state index contributed by atoms with van der Waals surface area (Å²) in [6, 6.07) is 18.8. The SMILES string of the molecule is COc1ccc(-[n+]2ccc3c4ccccc4n(C)c3c2)cc1. The minimum atomic E-state index is 0.870. The van der Waals surface area contributed by atoms with E-state index >= 15 is 0 Å². The molecule has 0 unspecified atom stereocenters. The Labute approximate surface area is 129 Å². The van der Waals surface area contributed by atoms with E-state index in [0.29, 0.717) is 0 Å². The molecule has 0 amide bonds. The number of ether oxygens (including phenoxy) is 1. The van der Waals surface area contributed by atoms with Crippen LogP contribution >= 0.6 is 0 Å². The molecule has 4 rings (SSSR count). The Balaban J connectivity index is 1.93. The van der Waals surface area contributed by atoms with Crippen molar-refractivity contribution in [3.63, 3.8) is 0 Å². The van der Waals surface area contributed by atoms with Crippen LogP contribution in [0.25, 0.3) is 27.5 Å². The van der Waals surface area contributed by atoms with Crippen LogP contribution in [0.5, 0.6) is 5.75 Å². The number of nitrogens with zero attached hydrogens (tertiary/aromatic N) is 2. The van der Waals surface area contributed by atoms with Crippen molar-refractivity contribution in [1.82, 2.24) is 4.57 Å². The molecule has 0 aliphatic heterocycles. The van der Waals surface area contributed by atoms with E-state index in [0.717, 1.165) is 11.4 Å². The third kappa shape index (κ3) is 1.86. The standard InChI is InChI=1S/C19H17N2O/c1-20-18-6-4-3-5-16(18)17-11-12-21(13-19(17)20)14-7-9-15(22-2)10-8-14/h3-13H,1-2H3/q+1. The van der Waals surface area contributed by atoms with Gasteiger partial charge in [0.1, 0.15) is 11.3 Å². The van der Waals surface area contributed by atoms with Gasteiger partial charge in [-0.25, -0.2) is 0 Å². The van der Waals surface area contributed by atoms with Crippen molar-refractivity contribution in [2.24, 2.45) is 7.05 Å². The van der Waals surface area contributed by atoms with Gasteiger partial charge in [-0.2, -0.15) is 4.57 Å². The molecule has 0 saturated heterocycles. The van der Waals surface area contributed by atoms with Gasteiger partial charge in [0, 0.05) is 41.5 Å². The molecule has 4 aromatic rings. The monoisotopic (exact) mass is 289 g/mol. The topological polar surface area (TPSA) is 18.0 Å². The fourth-order valence-electron chi connectivity index (χ4n) is 3.02. The number of methoxy groups -OCH3 is 1. The number of hydrogen-bond donors (Lipinski definition) is 0. The van der Waals surface area contributed by atoms with Gasteiger partial charge in [0.25, 0.3) is 0 Å². The summed E-state index contributed by atoms with van der Waals surface area (Å²) in [7, 11) is 3.80. The molecule has 2 aromatic carbocycles. The molecule has 0 radical (unpaired) electrons. The zero-order chi connectivity index (χ0) is 15.1. The lowest BCUT2D eigenvalue weighted by Gasteiger charge is -2.00. The molecule has 0 spiro atoms. The fraction of sp³-hybridized carbons (Fsp3) is 0.105. The summed E-state index contributed by atoms with van der Waals surface area (Å²) in [5.41, 5.74) is 3.59. The maximum Gasteiger partial charge on any atom is 0.210 e. The molecule has 3 heteroatoms. The van der Waals surface area contributed by atoms with Crippen LogP contribution in [0.15, 0.2) is 67.0 Å². The van der Waals surface area contributed by atoms with Gasteiger partial charge in [0.15, 0.2) is 12.4 Å². The average Bonchev–Trinajstić information content (AvgIpc) is 2.88. The van der Waals surface area contributed by atoms with Crippen LogP contribution in [0.4, 0.5) is 0 Å². The first-order valence-electron chi connectivity index (χ1n) is 7.31. The van der Waals surface area contributed by atoms with Crippen LogP contribution in [-0.2, 0) is 7.05 Å². The highest BCUT2D eigenvalue weighted by molar-refractivity contribution is 6.07. The first-order valence-corrected chi connectivity index (χ1v) is 7.31. The molecule has 0 saturated carbocycles. The lowest BCUT2D eigenvalue weighted by atomic mass is 10.2. The zero-order valence-corrected chi connectivity index (χ0v) is 12.7. The first kappa shape index (κ1) is 12.9. The van der Waals surface area contributed by atoms with Gasteiger partial charge < -0.3 is 9.30 Å². The van der Waals surface area contributed by atoms with Gasteiger partial charge >= 0.3 is 0 Å². The molecule has 22 heavy (non-hydrogen) atoms.